The summed E-state index contributed by atoms with van der Waals surface area (Å²) in [4.78, 5) is 13.6. The lowest BCUT2D eigenvalue weighted by atomic mass is 10.1. The highest BCUT2D eigenvalue weighted by Crippen LogP contribution is 2.36. The standard InChI is InChI=1S/C18H15Cl2N3OS2/c19-10-6-7-12(14(20)8-10)16(24)22-18(25)23-17-13(9-21)11-4-2-1-3-5-15(11)26-17/h6-8H,1-5H2,(H2,22,23,24,25). The van der Waals surface area contributed by atoms with E-state index in [-0.39, 0.29) is 15.7 Å². The minimum atomic E-state index is -0.430. The highest BCUT2D eigenvalue weighted by atomic mass is 35.5. The first kappa shape index (κ1) is 19.1. The van der Waals surface area contributed by atoms with Crippen LogP contribution in [0, 0.1) is 11.3 Å². The summed E-state index contributed by atoms with van der Waals surface area (Å²) in [6.07, 6.45) is 5.30. The van der Waals surface area contributed by atoms with Gasteiger partial charge in [0.25, 0.3) is 5.91 Å². The predicted octanol–water partition coefficient (Wildman–Crippen LogP) is 5.32. The number of thiophene rings is 1. The summed E-state index contributed by atoms with van der Waals surface area (Å²) >= 11 is 18.7. The second-order valence-corrected chi connectivity index (χ2v) is 8.27. The molecule has 0 saturated carbocycles. The van der Waals surface area contributed by atoms with Crippen molar-refractivity contribution >= 4 is 62.8 Å². The maximum atomic E-state index is 12.3. The molecule has 3 rings (SSSR count). The first-order chi connectivity index (χ1) is 12.5. The maximum absolute atomic E-state index is 12.3. The molecule has 1 aromatic heterocycles. The molecule has 8 heteroatoms. The fraction of sp³-hybridized carbons (Fsp3) is 0.278. The van der Waals surface area contributed by atoms with Gasteiger partial charge in [-0.3, -0.25) is 10.1 Å². The van der Waals surface area contributed by atoms with E-state index in [1.165, 1.54) is 23.4 Å². The Hall–Kier alpha value is -1.65. The summed E-state index contributed by atoms with van der Waals surface area (Å²) in [6, 6.07) is 6.90. The van der Waals surface area contributed by atoms with Gasteiger partial charge in [-0.2, -0.15) is 5.26 Å². The predicted molar refractivity (Wildman–Crippen MR) is 110 cm³/mol. The van der Waals surface area contributed by atoms with Gasteiger partial charge in [0.1, 0.15) is 11.1 Å². The average molecular weight is 424 g/mol. The van der Waals surface area contributed by atoms with Gasteiger partial charge in [-0.25, -0.2) is 0 Å². The Morgan fingerprint density at radius 3 is 2.73 bits per heavy atom. The van der Waals surface area contributed by atoms with Gasteiger partial charge in [0, 0.05) is 9.90 Å². The van der Waals surface area contributed by atoms with Gasteiger partial charge in [-0.15, -0.1) is 11.3 Å². The number of anilines is 1. The topological polar surface area (TPSA) is 64.9 Å². The van der Waals surface area contributed by atoms with Crippen LogP contribution in [0.5, 0.6) is 0 Å². The first-order valence-electron chi connectivity index (χ1n) is 8.11. The molecule has 0 atom stereocenters. The summed E-state index contributed by atoms with van der Waals surface area (Å²) in [5.41, 5.74) is 2.03. The van der Waals surface area contributed by atoms with Crippen molar-refractivity contribution < 1.29 is 4.79 Å². The number of hydrogen-bond donors (Lipinski definition) is 2. The number of fused-ring (bicyclic) bond motifs is 1. The molecule has 1 aromatic carbocycles. The van der Waals surface area contributed by atoms with E-state index in [2.05, 4.69) is 16.7 Å². The largest absolute Gasteiger partial charge is 0.323 e. The van der Waals surface area contributed by atoms with Crippen LogP contribution < -0.4 is 10.6 Å². The number of thiocarbonyl (C=S) groups is 1. The summed E-state index contributed by atoms with van der Waals surface area (Å²) in [5.74, 6) is -0.430. The van der Waals surface area contributed by atoms with Crippen molar-refractivity contribution in [3.05, 3.63) is 49.8 Å². The number of carbonyl (C=O) groups is 1. The van der Waals surface area contributed by atoms with E-state index in [9.17, 15) is 10.1 Å². The molecule has 0 aliphatic heterocycles. The minimum absolute atomic E-state index is 0.133. The van der Waals surface area contributed by atoms with E-state index in [0.29, 0.717) is 15.6 Å². The number of nitrogens with zero attached hydrogens (tertiary/aromatic N) is 1. The Labute approximate surface area is 171 Å². The Kier molecular flexibility index (Phi) is 6.15. The van der Waals surface area contributed by atoms with Crippen molar-refractivity contribution in [1.82, 2.24) is 5.32 Å². The molecule has 0 radical (unpaired) electrons. The highest BCUT2D eigenvalue weighted by molar-refractivity contribution is 7.80. The lowest BCUT2D eigenvalue weighted by Gasteiger charge is -2.10. The van der Waals surface area contributed by atoms with Crippen LogP contribution in [0.1, 0.15) is 45.6 Å². The van der Waals surface area contributed by atoms with Crippen LogP contribution in [0.4, 0.5) is 5.00 Å². The van der Waals surface area contributed by atoms with E-state index >= 15 is 0 Å². The molecule has 1 heterocycles. The molecular weight excluding hydrogens is 409 g/mol. The lowest BCUT2D eigenvalue weighted by molar-refractivity contribution is 0.0978. The van der Waals surface area contributed by atoms with Crippen LogP contribution >= 0.6 is 46.8 Å². The molecule has 0 spiro atoms. The smallest absolute Gasteiger partial charge is 0.258 e. The summed E-state index contributed by atoms with van der Waals surface area (Å²) in [5, 5.41) is 16.7. The molecule has 2 N–H and O–H groups in total. The van der Waals surface area contributed by atoms with Gasteiger partial charge in [0.05, 0.1) is 16.1 Å². The zero-order chi connectivity index (χ0) is 18.7. The number of nitriles is 1. The quantitative estimate of drug-likeness (QED) is 0.506. The number of hydrogen-bond acceptors (Lipinski definition) is 4. The number of halogens is 2. The van der Waals surface area contributed by atoms with Crippen molar-refractivity contribution in [1.29, 1.82) is 5.26 Å². The van der Waals surface area contributed by atoms with E-state index in [4.69, 9.17) is 35.4 Å². The van der Waals surface area contributed by atoms with Gasteiger partial charge >= 0.3 is 0 Å². The Morgan fingerprint density at radius 2 is 2.00 bits per heavy atom. The summed E-state index contributed by atoms with van der Waals surface area (Å²) in [6.45, 7) is 0. The SMILES string of the molecule is N#Cc1c(NC(=S)NC(=O)c2ccc(Cl)cc2Cl)sc2c1CCCCC2. The molecule has 1 aliphatic rings. The third kappa shape index (κ3) is 4.18. The molecule has 26 heavy (non-hydrogen) atoms. The van der Waals surface area contributed by atoms with Crippen LogP contribution in [0.15, 0.2) is 18.2 Å². The molecule has 0 fully saturated rings. The molecule has 134 valence electrons. The highest BCUT2D eigenvalue weighted by Gasteiger charge is 2.21. The number of benzene rings is 1. The molecule has 0 unspecified atom stereocenters. The third-order valence-corrected chi connectivity index (χ3v) is 6.12. The lowest BCUT2D eigenvalue weighted by Crippen LogP contribution is -2.34. The van der Waals surface area contributed by atoms with E-state index in [1.54, 1.807) is 17.4 Å². The second-order valence-electron chi connectivity index (χ2n) is 5.91. The Morgan fingerprint density at radius 1 is 1.23 bits per heavy atom. The normalized spacial score (nSPS) is 13.3. The van der Waals surface area contributed by atoms with Crippen LogP contribution in [0.25, 0.3) is 0 Å². The molecule has 0 saturated heterocycles. The van der Waals surface area contributed by atoms with Gasteiger partial charge in [-0.05, 0) is 61.7 Å². The second kappa shape index (κ2) is 8.36. The fourth-order valence-corrected chi connectivity index (χ4v) is 4.93. The monoisotopic (exact) mass is 423 g/mol. The average Bonchev–Trinajstić information content (AvgIpc) is 2.74. The number of nitrogens with one attached hydrogen (secondary N) is 2. The van der Waals surface area contributed by atoms with Crippen molar-refractivity contribution in [2.75, 3.05) is 5.32 Å². The van der Waals surface area contributed by atoms with E-state index in [1.807, 2.05) is 0 Å². The molecule has 1 aliphatic carbocycles. The zero-order valence-electron chi connectivity index (χ0n) is 13.7. The van der Waals surface area contributed by atoms with Crippen molar-refractivity contribution in [2.45, 2.75) is 32.1 Å². The number of carbonyl (C=O) groups excluding carboxylic acids is 1. The van der Waals surface area contributed by atoms with Gasteiger partial charge in [-0.1, -0.05) is 29.6 Å². The zero-order valence-corrected chi connectivity index (χ0v) is 16.8. The molecular formula is C18H15Cl2N3OS2. The van der Waals surface area contributed by atoms with Crippen LogP contribution in [0.3, 0.4) is 0 Å². The molecule has 0 bridgehead atoms. The Bertz CT molecular complexity index is 918. The van der Waals surface area contributed by atoms with Gasteiger partial charge in [0.15, 0.2) is 5.11 Å². The fourth-order valence-electron chi connectivity index (χ4n) is 2.93. The molecule has 1 amide bonds. The van der Waals surface area contributed by atoms with Crippen LogP contribution in [0.2, 0.25) is 10.0 Å². The van der Waals surface area contributed by atoms with Gasteiger partial charge < -0.3 is 5.32 Å². The van der Waals surface area contributed by atoms with Crippen LogP contribution in [-0.4, -0.2) is 11.0 Å². The van der Waals surface area contributed by atoms with Crippen molar-refractivity contribution in [3.63, 3.8) is 0 Å². The first-order valence-corrected chi connectivity index (χ1v) is 10.1. The number of aryl methyl sites for hydroxylation is 1. The van der Waals surface area contributed by atoms with Gasteiger partial charge in [0.2, 0.25) is 0 Å². The van der Waals surface area contributed by atoms with E-state index < -0.39 is 5.91 Å². The Balaban J connectivity index is 1.74. The maximum Gasteiger partial charge on any atom is 0.258 e. The minimum Gasteiger partial charge on any atom is -0.323 e. The van der Waals surface area contributed by atoms with E-state index in [0.717, 1.165) is 31.2 Å². The van der Waals surface area contributed by atoms with Crippen molar-refractivity contribution in [2.24, 2.45) is 0 Å². The molecule has 4 nitrogen and oxygen atoms in total. The summed E-state index contributed by atoms with van der Waals surface area (Å²) in [7, 11) is 0. The number of amides is 1. The summed E-state index contributed by atoms with van der Waals surface area (Å²) < 4.78 is 0. The van der Waals surface area contributed by atoms with Crippen LogP contribution in [-0.2, 0) is 12.8 Å². The number of rotatable bonds is 2. The van der Waals surface area contributed by atoms with Crippen molar-refractivity contribution in [3.8, 4) is 6.07 Å². The molecule has 2 aromatic rings. The third-order valence-electron chi connectivity index (χ3n) is 4.16.